The van der Waals surface area contributed by atoms with Crippen LogP contribution >= 0.6 is 0 Å². The van der Waals surface area contributed by atoms with E-state index in [-0.39, 0.29) is 0 Å². The van der Waals surface area contributed by atoms with E-state index in [1.165, 1.54) is 5.70 Å². The summed E-state index contributed by atoms with van der Waals surface area (Å²) in [5.74, 6) is 0.933. The third-order valence-corrected chi connectivity index (χ3v) is 3.42. The van der Waals surface area contributed by atoms with Gasteiger partial charge in [0.2, 0.25) is 0 Å². The summed E-state index contributed by atoms with van der Waals surface area (Å²) in [5.41, 5.74) is 8.06. The number of morpholine rings is 1. The van der Waals surface area contributed by atoms with Gasteiger partial charge in [-0.1, -0.05) is 6.58 Å². The molecule has 1 atom stereocenters. The van der Waals surface area contributed by atoms with Gasteiger partial charge in [0.1, 0.15) is 6.61 Å². The Bertz CT molecular complexity index is 324. The van der Waals surface area contributed by atoms with Crippen molar-refractivity contribution in [2.24, 2.45) is 5.73 Å². The molecule has 0 spiro atoms. The fraction of sp³-hybridized carbons (Fsp3) is 0.667. The standard InChI is InChI=1S/C12H21N3O/c1-9-12(16-7-6-14(9)3)10(2)15-5-4-11(13)8-15/h11H,1,4-8,13H2,2-3H3/b12-10-. The normalized spacial score (nSPS) is 29.4. The van der Waals surface area contributed by atoms with Crippen molar-refractivity contribution >= 4 is 0 Å². The molecule has 16 heavy (non-hydrogen) atoms. The van der Waals surface area contributed by atoms with E-state index in [4.69, 9.17) is 10.5 Å². The van der Waals surface area contributed by atoms with Gasteiger partial charge in [0.25, 0.3) is 0 Å². The number of ether oxygens (including phenoxy) is 1. The summed E-state index contributed by atoms with van der Waals surface area (Å²) in [6.45, 7) is 9.77. The number of hydrogen-bond acceptors (Lipinski definition) is 4. The first kappa shape index (κ1) is 11.3. The molecular weight excluding hydrogens is 202 g/mol. The lowest BCUT2D eigenvalue weighted by Gasteiger charge is -2.32. The average Bonchev–Trinajstić information content (AvgIpc) is 2.68. The summed E-state index contributed by atoms with van der Waals surface area (Å²) in [6.07, 6.45) is 1.06. The molecule has 4 heteroatoms. The van der Waals surface area contributed by atoms with Gasteiger partial charge in [0.05, 0.1) is 17.9 Å². The second-order valence-electron chi connectivity index (χ2n) is 4.63. The van der Waals surface area contributed by atoms with Crippen molar-refractivity contribution in [3.8, 4) is 0 Å². The van der Waals surface area contributed by atoms with E-state index in [9.17, 15) is 0 Å². The van der Waals surface area contributed by atoms with Gasteiger partial charge in [-0.2, -0.15) is 0 Å². The van der Waals surface area contributed by atoms with Gasteiger partial charge in [0.15, 0.2) is 5.76 Å². The molecule has 0 saturated carbocycles. The summed E-state index contributed by atoms with van der Waals surface area (Å²) < 4.78 is 5.73. The Labute approximate surface area is 97.3 Å². The van der Waals surface area contributed by atoms with E-state index in [1.807, 2.05) is 7.05 Å². The molecule has 2 aliphatic heterocycles. The van der Waals surface area contributed by atoms with Crippen molar-refractivity contribution < 1.29 is 4.74 Å². The molecule has 0 bridgehead atoms. The molecular formula is C12H21N3O. The molecule has 2 fully saturated rings. The molecule has 0 aromatic heterocycles. The monoisotopic (exact) mass is 223 g/mol. The first-order chi connectivity index (χ1) is 7.59. The summed E-state index contributed by atoms with van der Waals surface area (Å²) in [4.78, 5) is 4.43. The molecule has 1 unspecified atom stereocenters. The highest BCUT2D eigenvalue weighted by molar-refractivity contribution is 5.27. The lowest BCUT2D eigenvalue weighted by Crippen LogP contribution is -2.32. The Balaban J connectivity index is 2.16. The minimum absolute atomic E-state index is 0.296. The average molecular weight is 223 g/mol. The molecule has 0 aromatic carbocycles. The maximum absolute atomic E-state index is 5.92. The minimum atomic E-state index is 0.296. The molecule has 0 radical (unpaired) electrons. The van der Waals surface area contributed by atoms with Crippen LogP contribution in [0.1, 0.15) is 13.3 Å². The molecule has 4 nitrogen and oxygen atoms in total. The molecule has 0 aromatic rings. The van der Waals surface area contributed by atoms with E-state index in [0.717, 1.165) is 44.1 Å². The lowest BCUT2D eigenvalue weighted by molar-refractivity contribution is 0.133. The van der Waals surface area contributed by atoms with Crippen LogP contribution in [-0.2, 0) is 4.74 Å². The zero-order valence-electron chi connectivity index (χ0n) is 10.2. The van der Waals surface area contributed by atoms with Gasteiger partial charge in [-0.25, -0.2) is 0 Å². The highest BCUT2D eigenvalue weighted by Crippen LogP contribution is 2.25. The van der Waals surface area contributed by atoms with Crippen molar-refractivity contribution in [3.05, 3.63) is 23.7 Å². The van der Waals surface area contributed by atoms with Gasteiger partial charge < -0.3 is 20.3 Å². The summed E-state index contributed by atoms with van der Waals surface area (Å²) >= 11 is 0. The number of rotatable bonds is 1. The molecule has 0 aliphatic carbocycles. The number of likely N-dealkylation sites (N-methyl/N-ethyl adjacent to an activating group) is 1. The predicted molar refractivity (Wildman–Crippen MR) is 64.6 cm³/mol. The number of nitrogens with two attached hydrogens (primary N) is 1. The fourth-order valence-corrected chi connectivity index (χ4v) is 2.23. The van der Waals surface area contributed by atoms with E-state index in [2.05, 4.69) is 23.3 Å². The van der Waals surface area contributed by atoms with E-state index in [0.29, 0.717) is 6.04 Å². The SMILES string of the molecule is C=C1/C(=C(\C)N2CCC(N)C2)OCCN1C. The van der Waals surface area contributed by atoms with E-state index in [1.54, 1.807) is 0 Å². The quantitative estimate of drug-likeness (QED) is 0.711. The molecule has 0 amide bonds. The maximum Gasteiger partial charge on any atom is 0.160 e. The van der Waals surface area contributed by atoms with Crippen molar-refractivity contribution in [1.29, 1.82) is 0 Å². The Morgan fingerprint density at radius 2 is 2.25 bits per heavy atom. The predicted octanol–water partition coefficient (Wildman–Crippen LogP) is 0.727. The van der Waals surface area contributed by atoms with Crippen LogP contribution in [0, 0.1) is 0 Å². The smallest absolute Gasteiger partial charge is 0.160 e. The fourth-order valence-electron chi connectivity index (χ4n) is 2.23. The van der Waals surface area contributed by atoms with Crippen LogP contribution in [0.5, 0.6) is 0 Å². The summed E-state index contributed by atoms with van der Waals surface area (Å²) in [5, 5.41) is 0. The number of allylic oxidation sites excluding steroid dienone is 1. The van der Waals surface area contributed by atoms with Crippen LogP contribution in [0.15, 0.2) is 23.7 Å². The minimum Gasteiger partial charge on any atom is -0.488 e. The van der Waals surface area contributed by atoms with Gasteiger partial charge in [-0.15, -0.1) is 0 Å². The molecule has 90 valence electrons. The van der Waals surface area contributed by atoms with Crippen molar-refractivity contribution in [1.82, 2.24) is 9.80 Å². The molecule has 2 N–H and O–H groups in total. The van der Waals surface area contributed by atoms with Crippen LogP contribution in [0.3, 0.4) is 0 Å². The topological polar surface area (TPSA) is 41.7 Å². The zero-order valence-corrected chi connectivity index (χ0v) is 10.2. The molecule has 2 rings (SSSR count). The summed E-state index contributed by atoms with van der Waals surface area (Å²) in [6, 6.07) is 0.296. The van der Waals surface area contributed by atoms with Gasteiger partial charge in [0, 0.05) is 26.2 Å². The first-order valence-electron chi connectivity index (χ1n) is 5.84. The van der Waals surface area contributed by atoms with Gasteiger partial charge >= 0.3 is 0 Å². The lowest BCUT2D eigenvalue weighted by atomic mass is 10.2. The van der Waals surface area contributed by atoms with Crippen molar-refractivity contribution in [3.63, 3.8) is 0 Å². The Hall–Kier alpha value is -1.16. The number of hydrogen-bond donors (Lipinski definition) is 1. The largest absolute Gasteiger partial charge is 0.488 e. The van der Waals surface area contributed by atoms with Crippen LogP contribution in [0.2, 0.25) is 0 Å². The Morgan fingerprint density at radius 3 is 2.88 bits per heavy atom. The Morgan fingerprint density at radius 1 is 1.50 bits per heavy atom. The molecule has 2 heterocycles. The summed E-state index contributed by atoms with van der Waals surface area (Å²) in [7, 11) is 2.05. The maximum atomic E-state index is 5.92. The van der Waals surface area contributed by atoms with Gasteiger partial charge in [-0.05, 0) is 13.3 Å². The van der Waals surface area contributed by atoms with Crippen LogP contribution in [0.25, 0.3) is 0 Å². The van der Waals surface area contributed by atoms with Crippen molar-refractivity contribution in [2.75, 3.05) is 33.3 Å². The Kier molecular flexibility index (Phi) is 3.10. The number of nitrogens with zero attached hydrogens (tertiary/aromatic N) is 2. The highest BCUT2D eigenvalue weighted by Gasteiger charge is 2.25. The first-order valence-corrected chi connectivity index (χ1v) is 5.84. The second-order valence-corrected chi connectivity index (χ2v) is 4.63. The number of likely N-dealkylation sites (tertiary alicyclic amines) is 1. The third kappa shape index (κ3) is 2.02. The van der Waals surface area contributed by atoms with Crippen molar-refractivity contribution in [2.45, 2.75) is 19.4 Å². The van der Waals surface area contributed by atoms with Crippen LogP contribution in [-0.4, -0.2) is 49.1 Å². The van der Waals surface area contributed by atoms with Crippen LogP contribution in [0.4, 0.5) is 0 Å². The molecule has 2 saturated heterocycles. The van der Waals surface area contributed by atoms with E-state index >= 15 is 0 Å². The molecule has 2 aliphatic rings. The van der Waals surface area contributed by atoms with E-state index < -0.39 is 0 Å². The third-order valence-electron chi connectivity index (χ3n) is 3.42. The highest BCUT2D eigenvalue weighted by atomic mass is 16.5. The second kappa shape index (κ2) is 4.37. The van der Waals surface area contributed by atoms with Gasteiger partial charge in [-0.3, -0.25) is 0 Å². The van der Waals surface area contributed by atoms with Crippen LogP contribution < -0.4 is 5.73 Å². The zero-order chi connectivity index (χ0) is 11.7.